The zero-order valence-electron chi connectivity index (χ0n) is 9.95. The van der Waals surface area contributed by atoms with E-state index in [-0.39, 0.29) is 12.2 Å². The lowest BCUT2D eigenvalue weighted by atomic mass is 9.83. The first-order valence-corrected chi connectivity index (χ1v) is 6.19. The number of rotatable bonds is 5. The van der Waals surface area contributed by atoms with E-state index in [1.165, 1.54) is 18.4 Å². The summed E-state index contributed by atoms with van der Waals surface area (Å²) in [5, 5.41) is 19.2. The van der Waals surface area contributed by atoms with Crippen molar-refractivity contribution in [1.29, 1.82) is 0 Å². The summed E-state index contributed by atoms with van der Waals surface area (Å²) >= 11 is 0. The minimum absolute atomic E-state index is 0.158. The van der Waals surface area contributed by atoms with Gasteiger partial charge in [0.2, 0.25) is 0 Å². The maximum Gasteiger partial charge on any atom is 0.0605 e. The minimum atomic E-state index is -0.252. The fourth-order valence-corrected chi connectivity index (χ4v) is 2.31. The first kappa shape index (κ1) is 12.7. The third-order valence-corrected chi connectivity index (χ3v) is 3.15. The highest BCUT2D eigenvalue weighted by molar-refractivity contribution is 5.11. The molecular formula is C13H24O2. The maximum absolute atomic E-state index is 9.84. The molecule has 3 atom stereocenters. The van der Waals surface area contributed by atoms with Crippen LogP contribution in [0.5, 0.6) is 0 Å². The molecule has 0 aromatic heterocycles. The molecule has 0 spiro atoms. The Balaban J connectivity index is 2.51. The van der Waals surface area contributed by atoms with Gasteiger partial charge in [0.25, 0.3) is 0 Å². The van der Waals surface area contributed by atoms with Crippen LogP contribution in [0.25, 0.3) is 0 Å². The van der Waals surface area contributed by atoms with E-state index in [1.54, 1.807) is 0 Å². The van der Waals surface area contributed by atoms with Crippen molar-refractivity contribution < 1.29 is 10.2 Å². The normalized spacial score (nSPS) is 28.7. The van der Waals surface area contributed by atoms with Crippen molar-refractivity contribution in [1.82, 2.24) is 0 Å². The summed E-state index contributed by atoms with van der Waals surface area (Å²) in [6, 6.07) is 0. The summed E-state index contributed by atoms with van der Waals surface area (Å²) in [5.41, 5.74) is 1.33. The SMILES string of the molecule is CCCC[C@@H]1C=C(C[C@@H](C)O)CC[C@@H]1O. The Labute approximate surface area is 93.0 Å². The first-order valence-electron chi connectivity index (χ1n) is 6.19. The van der Waals surface area contributed by atoms with Gasteiger partial charge in [-0.2, -0.15) is 0 Å². The van der Waals surface area contributed by atoms with Crippen molar-refractivity contribution in [2.24, 2.45) is 5.92 Å². The largest absolute Gasteiger partial charge is 0.393 e. The fourth-order valence-electron chi connectivity index (χ4n) is 2.31. The van der Waals surface area contributed by atoms with E-state index in [0.717, 1.165) is 25.7 Å². The highest BCUT2D eigenvalue weighted by atomic mass is 16.3. The Hall–Kier alpha value is -0.340. The first-order chi connectivity index (χ1) is 7.13. The molecule has 0 saturated heterocycles. The summed E-state index contributed by atoms with van der Waals surface area (Å²) in [6.07, 6.45) is 7.84. The number of hydrogen-bond acceptors (Lipinski definition) is 2. The predicted octanol–water partition coefficient (Wildman–Crippen LogP) is 2.64. The van der Waals surface area contributed by atoms with E-state index in [1.807, 2.05) is 6.92 Å². The Morgan fingerprint density at radius 3 is 2.87 bits per heavy atom. The van der Waals surface area contributed by atoms with Crippen LogP contribution in [0.3, 0.4) is 0 Å². The lowest BCUT2D eigenvalue weighted by molar-refractivity contribution is 0.105. The molecule has 1 rings (SSSR count). The second-order valence-corrected chi connectivity index (χ2v) is 4.79. The lowest BCUT2D eigenvalue weighted by Crippen LogP contribution is -2.23. The van der Waals surface area contributed by atoms with Crippen molar-refractivity contribution in [3.05, 3.63) is 11.6 Å². The Kier molecular flexibility index (Phi) is 5.34. The quantitative estimate of drug-likeness (QED) is 0.688. The molecule has 0 heterocycles. The fraction of sp³-hybridized carbons (Fsp3) is 0.846. The molecule has 15 heavy (non-hydrogen) atoms. The van der Waals surface area contributed by atoms with Gasteiger partial charge in [-0.05, 0) is 32.6 Å². The van der Waals surface area contributed by atoms with Gasteiger partial charge in [-0.15, -0.1) is 0 Å². The van der Waals surface area contributed by atoms with Gasteiger partial charge in [-0.3, -0.25) is 0 Å². The second kappa shape index (κ2) is 6.29. The molecule has 2 nitrogen and oxygen atoms in total. The highest BCUT2D eigenvalue weighted by Crippen LogP contribution is 2.29. The van der Waals surface area contributed by atoms with Crippen molar-refractivity contribution in [2.75, 3.05) is 0 Å². The maximum atomic E-state index is 9.84. The van der Waals surface area contributed by atoms with Gasteiger partial charge in [0.05, 0.1) is 12.2 Å². The van der Waals surface area contributed by atoms with Crippen LogP contribution in [0.1, 0.15) is 52.4 Å². The Morgan fingerprint density at radius 1 is 1.53 bits per heavy atom. The van der Waals surface area contributed by atoms with Gasteiger partial charge in [-0.1, -0.05) is 31.4 Å². The van der Waals surface area contributed by atoms with Crippen molar-refractivity contribution >= 4 is 0 Å². The van der Waals surface area contributed by atoms with Crippen LogP contribution < -0.4 is 0 Å². The molecule has 0 aliphatic heterocycles. The van der Waals surface area contributed by atoms with Crippen molar-refractivity contribution in [3.8, 4) is 0 Å². The lowest BCUT2D eigenvalue weighted by Gasteiger charge is -2.27. The third kappa shape index (κ3) is 4.35. The second-order valence-electron chi connectivity index (χ2n) is 4.79. The van der Waals surface area contributed by atoms with Crippen LogP contribution in [0.15, 0.2) is 11.6 Å². The summed E-state index contributed by atoms with van der Waals surface area (Å²) < 4.78 is 0. The molecule has 1 aliphatic rings. The van der Waals surface area contributed by atoms with Crippen molar-refractivity contribution in [2.45, 2.75) is 64.6 Å². The smallest absolute Gasteiger partial charge is 0.0605 e. The van der Waals surface area contributed by atoms with E-state index in [4.69, 9.17) is 0 Å². The summed E-state index contributed by atoms with van der Waals surface area (Å²) in [4.78, 5) is 0. The molecule has 1 aliphatic carbocycles. The van der Waals surface area contributed by atoms with Gasteiger partial charge in [0.1, 0.15) is 0 Å². The van der Waals surface area contributed by atoms with Crippen molar-refractivity contribution in [3.63, 3.8) is 0 Å². The van der Waals surface area contributed by atoms with E-state index in [2.05, 4.69) is 13.0 Å². The molecule has 2 heteroatoms. The number of unbranched alkanes of at least 4 members (excludes halogenated alkanes) is 1. The Morgan fingerprint density at radius 2 is 2.27 bits per heavy atom. The van der Waals surface area contributed by atoms with E-state index >= 15 is 0 Å². The molecular weight excluding hydrogens is 188 g/mol. The molecule has 0 bridgehead atoms. The molecule has 0 aromatic rings. The topological polar surface area (TPSA) is 40.5 Å². The molecule has 0 unspecified atom stereocenters. The predicted molar refractivity (Wildman–Crippen MR) is 62.6 cm³/mol. The molecule has 88 valence electrons. The highest BCUT2D eigenvalue weighted by Gasteiger charge is 2.22. The zero-order valence-corrected chi connectivity index (χ0v) is 9.95. The minimum Gasteiger partial charge on any atom is -0.393 e. The molecule has 0 aromatic carbocycles. The molecule has 0 radical (unpaired) electrons. The van der Waals surface area contributed by atoms with Gasteiger partial charge >= 0.3 is 0 Å². The number of aliphatic hydroxyl groups is 2. The van der Waals surface area contributed by atoms with Crippen LogP contribution in [-0.4, -0.2) is 22.4 Å². The molecule has 2 N–H and O–H groups in total. The average Bonchev–Trinajstić information content (AvgIpc) is 2.18. The van der Waals surface area contributed by atoms with Crippen LogP contribution in [0.4, 0.5) is 0 Å². The van der Waals surface area contributed by atoms with Crippen LogP contribution in [0, 0.1) is 5.92 Å². The van der Waals surface area contributed by atoms with Crippen LogP contribution in [0.2, 0.25) is 0 Å². The van der Waals surface area contributed by atoms with Gasteiger partial charge in [0, 0.05) is 5.92 Å². The number of hydrogen-bond donors (Lipinski definition) is 2. The monoisotopic (exact) mass is 212 g/mol. The van der Waals surface area contributed by atoms with Gasteiger partial charge in [0.15, 0.2) is 0 Å². The summed E-state index contributed by atoms with van der Waals surface area (Å²) in [7, 11) is 0. The van der Waals surface area contributed by atoms with Gasteiger partial charge < -0.3 is 10.2 Å². The molecule has 0 amide bonds. The third-order valence-electron chi connectivity index (χ3n) is 3.15. The molecule has 0 fully saturated rings. The average molecular weight is 212 g/mol. The van der Waals surface area contributed by atoms with Crippen LogP contribution >= 0.6 is 0 Å². The van der Waals surface area contributed by atoms with E-state index < -0.39 is 0 Å². The number of aliphatic hydroxyl groups excluding tert-OH is 2. The van der Waals surface area contributed by atoms with E-state index in [9.17, 15) is 10.2 Å². The Bertz CT molecular complexity index is 209. The van der Waals surface area contributed by atoms with Gasteiger partial charge in [-0.25, -0.2) is 0 Å². The zero-order chi connectivity index (χ0) is 11.3. The molecule has 0 saturated carbocycles. The van der Waals surface area contributed by atoms with E-state index in [0.29, 0.717) is 5.92 Å². The summed E-state index contributed by atoms with van der Waals surface area (Å²) in [5.74, 6) is 0.326. The summed E-state index contributed by atoms with van der Waals surface area (Å²) in [6.45, 7) is 4.00. The standard InChI is InChI=1S/C13H24O2/c1-3-4-5-12-9-11(8-10(2)14)6-7-13(12)15/h9-10,12-15H,3-8H2,1-2H3/t10-,12-,13+/m1/s1. The van der Waals surface area contributed by atoms with Crippen LogP contribution in [-0.2, 0) is 0 Å².